The molecule has 0 saturated carbocycles. The minimum Gasteiger partial charge on any atom is -0.379 e. The van der Waals surface area contributed by atoms with E-state index in [1.165, 1.54) is 5.56 Å². The van der Waals surface area contributed by atoms with Crippen molar-refractivity contribution in [2.75, 3.05) is 31.0 Å². The molecule has 1 aromatic rings. The number of ether oxygens (including phenoxy) is 1. The molecule has 1 aromatic carbocycles. The van der Waals surface area contributed by atoms with Crippen molar-refractivity contribution in [2.45, 2.75) is 18.3 Å². The number of hydrogen-bond acceptors (Lipinski definition) is 2. The summed E-state index contributed by atoms with van der Waals surface area (Å²) < 4.78 is 5.37. The first-order chi connectivity index (χ1) is 8.66. The summed E-state index contributed by atoms with van der Waals surface area (Å²) in [4.78, 5) is 13.4. The van der Waals surface area contributed by atoms with Crippen LogP contribution in [0.2, 0.25) is 0 Å². The number of carbonyl (C=O) groups excluding carboxylic acids is 1. The van der Waals surface area contributed by atoms with Crippen LogP contribution in [0.25, 0.3) is 0 Å². The van der Waals surface area contributed by atoms with E-state index in [9.17, 15) is 4.79 Å². The van der Waals surface area contributed by atoms with Gasteiger partial charge in [-0.25, -0.2) is 0 Å². The lowest BCUT2D eigenvalue weighted by molar-refractivity contribution is -0.117. The van der Waals surface area contributed by atoms with E-state index in [1.54, 1.807) is 4.90 Å². The number of hydrogen-bond donors (Lipinski definition) is 0. The van der Waals surface area contributed by atoms with Crippen LogP contribution < -0.4 is 4.90 Å². The fraction of sp³-hybridized carbons (Fsp3) is 0.500. The monoisotopic (exact) mass is 265 g/mol. The van der Waals surface area contributed by atoms with Gasteiger partial charge in [-0.3, -0.25) is 4.79 Å². The molecule has 0 aliphatic carbocycles. The van der Waals surface area contributed by atoms with E-state index in [4.69, 9.17) is 16.3 Å². The zero-order chi connectivity index (χ0) is 12.8. The molecule has 0 aromatic heterocycles. The van der Waals surface area contributed by atoms with Crippen LogP contribution in [0.5, 0.6) is 0 Å². The molecule has 1 saturated heterocycles. The normalized spacial score (nSPS) is 20.8. The van der Waals surface area contributed by atoms with Gasteiger partial charge in [0.1, 0.15) is 0 Å². The molecule has 3 rings (SSSR count). The van der Waals surface area contributed by atoms with Crippen molar-refractivity contribution in [3.05, 3.63) is 29.3 Å². The summed E-state index contributed by atoms with van der Waals surface area (Å²) in [6, 6.07) is 6.32. The third kappa shape index (κ3) is 1.65. The number of halogens is 1. The molecule has 2 heterocycles. The smallest absolute Gasteiger partial charge is 0.231 e. The van der Waals surface area contributed by atoms with E-state index in [2.05, 4.69) is 12.1 Å². The number of rotatable bonds is 3. The number of amides is 1. The summed E-state index contributed by atoms with van der Waals surface area (Å²) in [7, 11) is 1.83. The third-order valence-corrected chi connectivity index (χ3v) is 4.29. The molecule has 4 heteroatoms. The van der Waals surface area contributed by atoms with Gasteiger partial charge in [-0.15, -0.1) is 11.6 Å². The van der Waals surface area contributed by atoms with E-state index in [1.807, 2.05) is 13.1 Å². The molecule has 2 aliphatic rings. The highest BCUT2D eigenvalue weighted by Crippen LogP contribution is 2.39. The molecule has 0 N–H and O–H groups in total. The highest BCUT2D eigenvalue weighted by Gasteiger charge is 2.40. The molecular weight excluding hydrogens is 250 g/mol. The maximum Gasteiger partial charge on any atom is 0.231 e. The molecule has 0 atom stereocenters. The Morgan fingerprint density at radius 2 is 2.22 bits per heavy atom. The van der Waals surface area contributed by atoms with Crippen molar-refractivity contribution in [2.24, 2.45) is 0 Å². The molecule has 3 nitrogen and oxygen atoms in total. The fourth-order valence-corrected chi connectivity index (χ4v) is 3.15. The number of alkyl halides is 1. The Balaban J connectivity index is 1.96. The summed E-state index contributed by atoms with van der Waals surface area (Å²) in [5, 5.41) is 0. The Morgan fingerprint density at radius 3 is 2.83 bits per heavy atom. The fourth-order valence-electron chi connectivity index (χ4n) is 2.78. The van der Waals surface area contributed by atoms with Gasteiger partial charge in [-0.05, 0) is 23.6 Å². The quantitative estimate of drug-likeness (QED) is 0.784. The van der Waals surface area contributed by atoms with Crippen molar-refractivity contribution in [1.29, 1.82) is 0 Å². The molecule has 0 radical (unpaired) electrons. The lowest BCUT2D eigenvalue weighted by atomic mass is 9.76. The molecule has 2 aliphatic heterocycles. The second kappa shape index (κ2) is 4.25. The van der Waals surface area contributed by atoms with Gasteiger partial charge < -0.3 is 9.64 Å². The second-order valence-electron chi connectivity index (χ2n) is 5.19. The highest BCUT2D eigenvalue weighted by molar-refractivity contribution is 6.17. The number of carbonyl (C=O) groups is 1. The van der Waals surface area contributed by atoms with E-state index < -0.39 is 0 Å². The van der Waals surface area contributed by atoms with Crippen molar-refractivity contribution in [1.82, 2.24) is 0 Å². The number of nitrogens with zero attached hydrogens (tertiary/aromatic N) is 1. The Bertz CT molecular complexity index is 497. The largest absolute Gasteiger partial charge is 0.379 e. The van der Waals surface area contributed by atoms with Gasteiger partial charge in [0.05, 0.1) is 19.6 Å². The molecule has 0 spiro atoms. The van der Waals surface area contributed by atoms with Gasteiger partial charge in [0.25, 0.3) is 0 Å². The van der Waals surface area contributed by atoms with Gasteiger partial charge in [0.2, 0.25) is 5.91 Å². The predicted molar refractivity (Wildman–Crippen MR) is 71.4 cm³/mol. The minimum atomic E-state index is 0.0704. The van der Waals surface area contributed by atoms with Crippen molar-refractivity contribution in [3.8, 4) is 0 Å². The van der Waals surface area contributed by atoms with Crippen LogP contribution in [0.4, 0.5) is 5.69 Å². The predicted octanol–water partition coefficient (Wildman–Crippen LogP) is 2.10. The number of benzene rings is 1. The van der Waals surface area contributed by atoms with Crippen LogP contribution in [-0.2, 0) is 21.4 Å². The molecule has 1 fully saturated rings. The Morgan fingerprint density at radius 1 is 1.44 bits per heavy atom. The minimum absolute atomic E-state index is 0.0704. The summed E-state index contributed by atoms with van der Waals surface area (Å²) >= 11 is 5.89. The van der Waals surface area contributed by atoms with Crippen molar-refractivity contribution < 1.29 is 9.53 Å². The summed E-state index contributed by atoms with van der Waals surface area (Å²) in [5.41, 5.74) is 3.49. The molecule has 18 heavy (non-hydrogen) atoms. The van der Waals surface area contributed by atoms with Crippen LogP contribution in [0.3, 0.4) is 0 Å². The summed E-state index contributed by atoms with van der Waals surface area (Å²) in [5.74, 6) is 0.803. The van der Waals surface area contributed by atoms with Gasteiger partial charge in [0.15, 0.2) is 0 Å². The van der Waals surface area contributed by atoms with E-state index in [0.29, 0.717) is 12.3 Å². The van der Waals surface area contributed by atoms with Gasteiger partial charge >= 0.3 is 0 Å². The average Bonchev–Trinajstić information content (AvgIpc) is 2.59. The first-order valence-corrected chi connectivity index (χ1v) is 6.73. The number of likely N-dealkylation sites (N-methyl/N-ethyl adjacent to an activating group) is 1. The summed E-state index contributed by atoms with van der Waals surface area (Å²) in [6.45, 7) is 1.48. The van der Waals surface area contributed by atoms with Crippen LogP contribution in [-0.4, -0.2) is 32.0 Å². The standard InChI is InChI=1S/C14H16ClNO2/c1-16-12-3-2-11(6-10(12)7-13(16)17)14(4-5-15)8-18-9-14/h2-3,6H,4-5,7-9H2,1H3. The van der Waals surface area contributed by atoms with Crippen LogP contribution in [0.1, 0.15) is 17.5 Å². The zero-order valence-corrected chi connectivity index (χ0v) is 11.2. The zero-order valence-electron chi connectivity index (χ0n) is 10.4. The molecule has 96 valence electrons. The van der Waals surface area contributed by atoms with E-state index in [0.717, 1.165) is 30.9 Å². The van der Waals surface area contributed by atoms with Crippen LogP contribution in [0, 0.1) is 0 Å². The first kappa shape index (κ1) is 12.0. The van der Waals surface area contributed by atoms with E-state index in [-0.39, 0.29) is 11.3 Å². The Hall–Kier alpha value is -1.06. The highest BCUT2D eigenvalue weighted by atomic mass is 35.5. The molecule has 0 unspecified atom stereocenters. The molecule has 0 bridgehead atoms. The number of fused-ring (bicyclic) bond motifs is 1. The maximum absolute atomic E-state index is 11.7. The van der Waals surface area contributed by atoms with Crippen LogP contribution >= 0.6 is 11.6 Å². The van der Waals surface area contributed by atoms with Gasteiger partial charge in [-0.1, -0.05) is 12.1 Å². The lowest BCUT2D eigenvalue weighted by Crippen LogP contribution is -2.47. The second-order valence-corrected chi connectivity index (χ2v) is 5.56. The van der Waals surface area contributed by atoms with Crippen LogP contribution in [0.15, 0.2) is 18.2 Å². The lowest BCUT2D eigenvalue weighted by Gasteiger charge is -2.42. The Labute approximate surface area is 112 Å². The van der Waals surface area contributed by atoms with Gasteiger partial charge in [-0.2, -0.15) is 0 Å². The van der Waals surface area contributed by atoms with Gasteiger partial charge in [0, 0.05) is 24.0 Å². The van der Waals surface area contributed by atoms with Crippen molar-refractivity contribution in [3.63, 3.8) is 0 Å². The first-order valence-electron chi connectivity index (χ1n) is 6.20. The van der Waals surface area contributed by atoms with E-state index >= 15 is 0 Å². The third-order valence-electron chi connectivity index (χ3n) is 4.10. The molecule has 1 amide bonds. The SMILES string of the molecule is CN1C(=O)Cc2cc(C3(CCCl)COC3)ccc21. The average molecular weight is 266 g/mol. The maximum atomic E-state index is 11.7. The van der Waals surface area contributed by atoms with Crippen molar-refractivity contribution >= 4 is 23.2 Å². The number of anilines is 1. The Kier molecular flexibility index (Phi) is 2.83. The topological polar surface area (TPSA) is 29.5 Å². The molecular formula is C14H16ClNO2. The summed E-state index contributed by atoms with van der Waals surface area (Å²) in [6.07, 6.45) is 1.44.